The molecular formula is C23H26F2N2O6S. The Bertz CT molecular complexity index is 1160. The molecule has 0 radical (unpaired) electrons. The molecule has 0 aliphatic heterocycles. The molecule has 1 aliphatic carbocycles. The molecule has 184 valence electrons. The molecule has 3 rings (SSSR count). The third kappa shape index (κ3) is 6.67. The van der Waals surface area contributed by atoms with Gasteiger partial charge in [-0.2, -0.15) is 8.78 Å². The summed E-state index contributed by atoms with van der Waals surface area (Å²) in [4.78, 5) is 12.4. The average Bonchev–Trinajstić information content (AvgIpc) is 2.73. The minimum absolute atomic E-state index is 0.00983. The van der Waals surface area contributed by atoms with Crippen molar-refractivity contribution in [2.75, 3.05) is 16.6 Å². The van der Waals surface area contributed by atoms with Gasteiger partial charge in [-0.05, 0) is 44.0 Å². The molecule has 0 spiro atoms. The Morgan fingerprint density at radius 1 is 1.21 bits per heavy atom. The van der Waals surface area contributed by atoms with E-state index in [9.17, 15) is 27.1 Å². The normalized spacial score (nSPS) is 18.3. The predicted octanol–water partition coefficient (Wildman–Crippen LogP) is 4.14. The number of rotatable bonds is 9. The van der Waals surface area contributed by atoms with Crippen molar-refractivity contribution >= 4 is 27.3 Å². The van der Waals surface area contributed by atoms with Gasteiger partial charge in [-0.1, -0.05) is 18.2 Å². The van der Waals surface area contributed by atoms with Crippen molar-refractivity contribution in [3.8, 4) is 11.5 Å². The van der Waals surface area contributed by atoms with Crippen LogP contribution >= 0.6 is 0 Å². The fourth-order valence-corrected chi connectivity index (χ4v) is 4.63. The van der Waals surface area contributed by atoms with E-state index in [0.29, 0.717) is 25.5 Å². The van der Waals surface area contributed by atoms with Crippen LogP contribution in [0, 0.1) is 5.92 Å². The molecule has 0 heterocycles. The number of aliphatic hydroxyl groups excluding tert-OH is 1. The van der Waals surface area contributed by atoms with E-state index in [4.69, 9.17) is 4.74 Å². The first-order valence-corrected chi connectivity index (χ1v) is 12.1. The monoisotopic (exact) mass is 496 g/mol. The molecule has 0 fully saturated rings. The summed E-state index contributed by atoms with van der Waals surface area (Å²) >= 11 is 0. The second-order valence-corrected chi connectivity index (χ2v) is 9.38. The number of benzene rings is 2. The van der Waals surface area contributed by atoms with E-state index in [2.05, 4.69) is 14.8 Å². The first kappa shape index (κ1) is 25.4. The van der Waals surface area contributed by atoms with Crippen LogP contribution < -0.4 is 19.5 Å². The number of alkyl halides is 2. The molecule has 1 amide bonds. The van der Waals surface area contributed by atoms with Gasteiger partial charge in [0.2, 0.25) is 5.91 Å². The number of halogens is 2. The topological polar surface area (TPSA) is 114 Å². The number of hydrogen-bond acceptors (Lipinski definition) is 6. The summed E-state index contributed by atoms with van der Waals surface area (Å²) in [7, 11) is -4.18. The highest BCUT2D eigenvalue weighted by Gasteiger charge is 2.28. The average molecular weight is 497 g/mol. The number of carbonyl (C=O) groups excluding carboxylic acids is 1. The van der Waals surface area contributed by atoms with Gasteiger partial charge in [0.15, 0.2) is 0 Å². The zero-order valence-corrected chi connectivity index (χ0v) is 19.4. The number of sulfonamides is 1. The van der Waals surface area contributed by atoms with E-state index < -0.39 is 34.1 Å². The molecule has 1 aliphatic rings. The highest BCUT2D eigenvalue weighted by molar-refractivity contribution is 7.92. The fraction of sp³-hybridized carbons (Fsp3) is 0.348. The molecule has 0 bridgehead atoms. The van der Waals surface area contributed by atoms with Crippen molar-refractivity contribution < 1.29 is 36.6 Å². The molecular weight excluding hydrogens is 470 g/mol. The Hall–Kier alpha value is -3.18. The molecule has 2 aromatic rings. The number of nitrogens with one attached hydrogen (secondary N) is 2. The first-order chi connectivity index (χ1) is 16.0. The summed E-state index contributed by atoms with van der Waals surface area (Å²) in [6, 6.07) is 9.20. The molecule has 8 nitrogen and oxygen atoms in total. The van der Waals surface area contributed by atoms with Crippen LogP contribution in [0.15, 0.2) is 59.5 Å². The molecule has 2 atom stereocenters. The van der Waals surface area contributed by atoms with E-state index in [1.165, 1.54) is 36.4 Å². The minimum Gasteiger partial charge on any atom is -0.492 e. The third-order valence-electron chi connectivity index (χ3n) is 4.91. The maximum absolute atomic E-state index is 13.1. The summed E-state index contributed by atoms with van der Waals surface area (Å²) in [6.45, 7) is 2.40. The Morgan fingerprint density at radius 3 is 2.65 bits per heavy atom. The van der Waals surface area contributed by atoms with Crippen molar-refractivity contribution in [1.82, 2.24) is 0 Å². The number of hydrogen-bond donors (Lipinski definition) is 3. The SMILES string of the molecule is CCOc1cc(NC(=O)[C@H]2CCC=C[C@H]2O)ccc1S(=O)(=O)Nc1cccc(OC(C)(F)F)c1. The zero-order chi connectivity index (χ0) is 24.9. The highest BCUT2D eigenvalue weighted by atomic mass is 32.2. The van der Waals surface area contributed by atoms with E-state index in [1.807, 2.05) is 6.08 Å². The maximum Gasteiger partial charge on any atom is 0.394 e. The summed E-state index contributed by atoms with van der Waals surface area (Å²) in [6.07, 6.45) is 0.224. The Morgan fingerprint density at radius 2 is 1.97 bits per heavy atom. The molecule has 0 saturated carbocycles. The van der Waals surface area contributed by atoms with Crippen molar-refractivity contribution in [3.63, 3.8) is 0 Å². The van der Waals surface area contributed by atoms with E-state index >= 15 is 0 Å². The van der Waals surface area contributed by atoms with Crippen LogP contribution in [-0.2, 0) is 14.8 Å². The van der Waals surface area contributed by atoms with Crippen molar-refractivity contribution in [2.24, 2.45) is 5.92 Å². The first-order valence-electron chi connectivity index (χ1n) is 10.6. The second kappa shape index (κ2) is 10.4. The van der Waals surface area contributed by atoms with Gasteiger partial charge in [0.25, 0.3) is 10.0 Å². The van der Waals surface area contributed by atoms with Gasteiger partial charge < -0.3 is 19.9 Å². The van der Waals surface area contributed by atoms with Crippen molar-refractivity contribution in [1.29, 1.82) is 0 Å². The van der Waals surface area contributed by atoms with Gasteiger partial charge in [0.05, 0.1) is 24.3 Å². The fourth-order valence-electron chi connectivity index (χ4n) is 3.45. The van der Waals surface area contributed by atoms with Crippen LogP contribution in [0.5, 0.6) is 11.5 Å². The number of ether oxygens (including phenoxy) is 2. The molecule has 0 aromatic heterocycles. The van der Waals surface area contributed by atoms with Crippen LogP contribution in [0.1, 0.15) is 26.7 Å². The Kier molecular flexibility index (Phi) is 7.78. The second-order valence-electron chi connectivity index (χ2n) is 7.73. The van der Waals surface area contributed by atoms with Crippen LogP contribution in [-0.4, -0.2) is 38.3 Å². The summed E-state index contributed by atoms with van der Waals surface area (Å²) in [5, 5.41) is 12.7. The van der Waals surface area contributed by atoms with Crippen molar-refractivity contribution in [2.45, 2.75) is 43.8 Å². The minimum atomic E-state index is -4.18. The highest BCUT2D eigenvalue weighted by Crippen LogP contribution is 2.31. The summed E-state index contributed by atoms with van der Waals surface area (Å²) in [5.41, 5.74) is 0.315. The number of allylic oxidation sites excluding steroid dienone is 1. The largest absolute Gasteiger partial charge is 0.492 e. The number of amides is 1. The lowest BCUT2D eigenvalue weighted by Gasteiger charge is -2.23. The summed E-state index contributed by atoms with van der Waals surface area (Å²) < 4.78 is 64.5. The molecule has 11 heteroatoms. The van der Waals surface area contributed by atoms with Crippen LogP contribution in [0.4, 0.5) is 20.2 Å². The van der Waals surface area contributed by atoms with Gasteiger partial charge in [0.1, 0.15) is 16.4 Å². The number of carbonyl (C=O) groups is 1. The quantitative estimate of drug-likeness (QED) is 0.450. The lowest BCUT2D eigenvalue weighted by atomic mass is 9.91. The van der Waals surface area contributed by atoms with Crippen molar-refractivity contribution in [3.05, 3.63) is 54.6 Å². The smallest absolute Gasteiger partial charge is 0.394 e. The summed E-state index contributed by atoms with van der Waals surface area (Å²) in [5.74, 6) is -1.23. The lowest BCUT2D eigenvalue weighted by molar-refractivity contribution is -0.158. The van der Waals surface area contributed by atoms with Gasteiger partial charge in [-0.3, -0.25) is 9.52 Å². The molecule has 0 saturated heterocycles. The van der Waals surface area contributed by atoms with E-state index in [-0.39, 0.29) is 28.7 Å². The van der Waals surface area contributed by atoms with Gasteiger partial charge in [-0.25, -0.2) is 8.42 Å². The number of anilines is 2. The number of aliphatic hydroxyl groups is 1. The Labute approximate surface area is 196 Å². The molecule has 3 N–H and O–H groups in total. The molecule has 2 aromatic carbocycles. The van der Waals surface area contributed by atoms with Crippen LogP contribution in [0.3, 0.4) is 0 Å². The predicted molar refractivity (Wildman–Crippen MR) is 123 cm³/mol. The van der Waals surface area contributed by atoms with E-state index in [0.717, 1.165) is 6.07 Å². The van der Waals surface area contributed by atoms with Gasteiger partial charge in [0, 0.05) is 24.7 Å². The standard InChI is InChI=1S/C23H26F2N2O6S/c1-3-32-20-14-15(26-22(29)18-9-4-5-10-19(18)28)11-12-21(20)34(30,31)27-16-7-6-8-17(13-16)33-23(2,24)25/h5-8,10-14,18-19,27-28H,3-4,9H2,1-2H3,(H,26,29)/t18-,19+/m0/s1. The molecule has 34 heavy (non-hydrogen) atoms. The van der Waals surface area contributed by atoms with Gasteiger partial charge >= 0.3 is 6.11 Å². The van der Waals surface area contributed by atoms with E-state index in [1.54, 1.807) is 13.0 Å². The maximum atomic E-state index is 13.1. The van der Waals surface area contributed by atoms with Crippen LogP contribution in [0.25, 0.3) is 0 Å². The Balaban J connectivity index is 1.82. The third-order valence-corrected chi connectivity index (χ3v) is 6.33. The van der Waals surface area contributed by atoms with Crippen LogP contribution in [0.2, 0.25) is 0 Å². The van der Waals surface area contributed by atoms with Gasteiger partial charge in [-0.15, -0.1) is 0 Å². The molecule has 0 unspecified atom stereocenters. The zero-order valence-electron chi connectivity index (χ0n) is 18.6. The lowest BCUT2D eigenvalue weighted by Crippen LogP contribution is -2.33.